The average molecular weight is 275 g/mol. The third-order valence-electron chi connectivity index (χ3n) is 3.77. The summed E-state index contributed by atoms with van der Waals surface area (Å²) in [6, 6.07) is 3.12. The van der Waals surface area contributed by atoms with E-state index in [1.165, 1.54) is 12.3 Å². The predicted octanol–water partition coefficient (Wildman–Crippen LogP) is 1.79. The van der Waals surface area contributed by atoms with E-state index < -0.39 is 4.92 Å². The van der Waals surface area contributed by atoms with Gasteiger partial charge in [-0.15, -0.1) is 0 Å². The Morgan fingerprint density at radius 1 is 1.60 bits per heavy atom. The number of pyridine rings is 1. The third-order valence-corrected chi connectivity index (χ3v) is 3.77. The Morgan fingerprint density at radius 2 is 2.30 bits per heavy atom. The Kier molecular flexibility index (Phi) is 4.48. The summed E-state index contributed by atoms with van der Waals surface area (Å²) in [6.07, 6.45) is 5.87. The molecule has 0 spiro atoms. The monoisotopic (exact) mass is 275 g/mol. The summed E-state index contributed by atoms with van der Waals surface area (Å²) in [5.41, 5.74) is 5.51. The van der Waals surface area contributed by atoms with Crippen LogP contribution in [0, 0.1) is 27.4 Å². The van der Waals surface area contributed by atoms with E-state index in [-0.39, 0.29) is 23.1 Å². The fourth-order valence-electron chi connectivity index (χ4n) is 2.74. The summed E-state index contributed by atoms with van der Waals surface area (Å²) >= 11 is 0. The van der Waals surface area contributed by atoms with Crippen LogP contribution in [0.5, 0.6) is 0 Å². The van der Waals surface area contributed by atoms with Gasteiger partial charge in [0.05, 0.1) is 4.92 Å². The molecule has 7 nitrogen and oxygen atoms in total. The minimum Gasteiger partial charge on any atom is -0.360 e. The highest BCUT2D eigenvalue weighted by molar-refractivity contribution is 5.64. The van der Waals surface area contributed by atoms with Crippen LogP contribution >= 0.6 is 0 Å². The van der Waals surface area contributed by atoms with Crippen LogP contribution in [0.15, 0.2) is 12.3 Å². The Morgan fingerprint density at radius 3 is 2.85 bits per heavy atom. The maximum absolute atomic E-state index is 11.1. The molecule has 0 amide bonds. The Balaban J connectivity index is 2.28. The first-order chi connectivity index (χ1) is 9.67. The number of nitrogens with two attached hydrogens (primary N) is 1. The highest BCUT2D eigenvalue weighted by Gasteiger charge is 2.28. The normalized spacial score (nSPS) is 16.6. The number of nitro groups is 1. The fraction of sp³-hybridized carbons (Fsp3) is 0.538. The van der Waals surface area contributed by atoms with Crippen molar-refractivity contribution in [1.82, 2.24) is 4.98 Å². The highest BCUT2D eigenvalue weighted by Crippen LogP contribution is 2.31. The van der Waals surface area contributed by atoms with Crippen molar-refractivity contribution in [2.75, 3.05) is 11.9 Å². The highest BCUT2D eigenvalue weighted by atomic mass is 16.6. The number of nitrogens with one attached hydrogen (secondary N) is 1. The number of hydrogen-bond acceptors (Lipinski definition) is 6. The summed E-state index contributed by atoms with van der Waals surface area (Å²) in [6.45, 7) is 0.389. The molecule has 1 aliphatic rings. The second kappa shape index (κ2) is 6.30. The molecule has 0 radical (unpaired) electrons. The van der Waals surface area contributed by atoms with Gasteiger partial charge in [-0.3, -0.25) is 10.1 Å². The quantitative estimate of drug-likeness (QED) is 0.624. The fourth-order valence-corrected chi connectivity index (χ4v) is 2.74. The van der Waals surface area contributed by atoms with Crippen LogP contribution in [0.1, 0.15) is 31.2 Å². The summed E-state index contributed by atoms with van der Waals surface area (Å²) in [5, 5.41) is 23.2. The van der Waals surface area contributed by atoms with Gasteiger partial charge in [0.25, 0.3) is 0 Å². The maximum atomic E-state index is 11.1. The molecule has 2 rings (SSSR count). The van der Waals surface area contributed by atoms with E-state index in [1.807, 2.05) is 6.07 Å². The summed E-state index contributed by atoms with van der Waals surface area (Å²) < 4.78 is 0. The molecule has 0 aromatic carbocycles. The van der Waals surface area contributed by atoms with E-state index in [2.05, 4.69) is 10.3 Å². The SMILES string of the molecule is N#Cc1ccnc(NC(CN)C2CCCC2)c1[N+](=O)[O-]. The molecule has 1 aliphatic carbocycles. The van der Waals surface area contributed by atoms with Crippen molar-refractivity contribution in [3.63, 3.8) is 0 Å². The van der Waals surface area contributed by atoms with Crippen LogP contribution < -0.4 is 11.1 Å². The van der Waals surface area contributed by atoms with Gasteiger partial charge in [0.15, 0.2) is 0 Å². The predicted molar refractivity (Wildman–Crippen MR) is 74.0 cm³/mol. The van der Waals surface area contributed by atoms with Crippen LogP contribution in [-0.2, 0) is 0 Å². The lowest BCUT2D eigenvalue weighted by molar-refractivity contribution is -0.384. The van der Waals surface area contributed by atoms with Crippen LogP contribution in [0.2, 0.25) is 0 Å². The average Bonchev–Trinajstić information content (AvgIpc) is 2.97. The lowest BCUT2D eigenvalue weighted by atomic mass is 9.98. The number of anilines is 1. The molecule has 0 aliphatic heterocycles. The smallest absolute Gasteiger partial charge is 0.328 e. The Hall–Kier alpha value is -2.20. The first-order valence-electron chi connectivity index (χ1n) is 6.67. The van der Waals surface area contributed by atoms with Crippen molar-refractivity contribution in [2.45, 2.75) is 31.7 Å². The topological polar surface area (TPSA) is 118 Å². The van der Waals surface area contributed by atoms with Gasteiger partial charge in [0, 0.05) is 18.8 Å². The van der Waals surface area contributed by atoms with Crippen LogP contribution in [0.4, 0.5) is 11.5 Å². The molecule has 20 heavy (non-hydrogen) atoms. The second-order valence-electron chi connectivity index (χ2n) is 4.96. The third kappa shape index (κ3) is 2.86. The van der Waals surface area contributed by atoms with E-state index in [0.29, 0.717) is 12.5 Å². The molecule has 1 atom stereocenters. The zero-order valence-corrected chi connectivity index (χ0v) is 11.1. The number of rotatable bonds is 5. The van der Waals surface area contributed by atoms with Crippen LogP contribution in [0.3, 0.4) is 0 Å². The van der Waals surface area contributed by atoms with E-state index in [9.17, 15) is 10.1 Å². The minimum atomic E-state index is -0.573. The molecule has 106 valence electrons. The van der Waals surface area contributed by atoms with Crippen molar-refractivity contribution < 1.29 is 4.92 Å². The summed E-state index contributed by atoms with van der Waals surface area (Å²) in [5.74, 6) is 0.545. The van der Waals surface area contributed by atoms with Gasteiger partial charge in [-0.05, 0) is 24.8 Å². The summed E-state index contributed by atoms with van der Waals surface area (Å²) in [7, 11) is 0. The number of nitrogens with zero attached hydrogens (tertiary/aromatic N) is 3. The maximum Gasteiger partial charge on any atom is 0.328 e. The zero-order chi connectivity index (χ0) is 14.5. The molecule has 7 heteroatoms. The molecule has 1 saturated carbocycles. The number of hydrogen-bond donors (Lipinski definition) is 2. The first kappa shape index (κ1) is 14.2. The molecule has 1 unspecified atom stereocenters. The largest absolute Gasteiger partial charge is 0.360 e. The first-order valence-corrected chi connectivity index (χ1v) is 6.67. The van der Waals surface area contributed by atoms with E-state index in [4.69, 9.17) is 11.0 Å². The lowest BCUT2D eigenvalue weighted by Gasteiger charge is -2.23. The van der Waals surface area contributed by atoms with Gasteiger partial charge in [-0.1, -0.05) is 12.8 Å². The Labute approximate surface area is 117 Å². The minimum absolute atomic E-state index is 0.00898. The number of nitriles is 1. The van der Waals surface area contributed by atoms with Gasteiger partial charge in [-0.2, -0.15) is 5.26 Å². The Bertz CT molecular complexity index is 534. The molecule has 1 aromatic rings. The van der Waals surface area contributed by atoms with Crippen LogP contribution in [0.25, 0.3) is 0 Å². The molecule has 1 aromatic heterocycles. The van der Waals surface area contributed by atoms with Crippen molar-refractivity contribution >= 4 is 11.5 Å². The van der Waals surface area contributed by atoms with Gasteiger partial charge in [0.1, 0.15) is 11.6 Å². The van der Waals surface area contributed by atoms with E-state index >= 15 is 0 Å². The van der Waals surface area contributed by atoms with Crippen molar-refractivity contribution in [3.8, 4) is 6.07 Å². The molecule has 0 saturated heterocycles. The lowest BCUT2D eigenvalue weighted by Crippen LogP contribution is -2.35. The van der Waals surface area contributed by atoms with E-state index in [0.717, 1.165) is 25.7 Å². The standard InChI is InChI=1S/C13H17N5O2/c14-7-10-5-6-16-13(12(10)18(19)20)17-11(8-15)9-3-1-2-4-9/h5-6,9,11H,1-4,8,15H2,(H,16,17). The second-order valence-corrected chi connectivity index (χ2v) is 4.96. The van der Waals surface area contributed by atoms with E-state index in [1.54, 1.807) is 0 Å². The van der Waals surface area contributed by atoms with Crippen molar-refractivity contribution in [1.29, 1.82) is 5.26 Å². The van der Waals surface area contributed by atoms with Gasteiger partial charge in [-0.25, -0.2) is 4.98 Å². The van der Waals surface area contributed by atoms with Gasteiger partial charge in [0.2, 0.25) is 5.82 Å². The molecule has 0 bridgehead atoms. The van der Waals surface area contributed by atoms with Crippen molar-refractivity contribution in [2.24, 2.45) is 11.7 Å². The molecule has 1 heterocycles. The number of aromatic nitrogens is 1. The van der Waals surface area contributed by atoms with Gasteiger partial charge >= 0.3 is 5.69 Å². The molecular weight excluding hydrogens is 258 g/mol. The van der Waals surface area contributed by atoms with Crippen molar-refractivity contribution in [3.05, 3.63) is 27.9 Å². The molecule has 3 N–H and O–H groups in total. The molecular formula is C13H17N5O2. The molecule has 1 fully saturated rings. The van der Waals surface area contributed by atoms with Crippen LogP contribution in [-0.4, -0.2) is 22.5 Å². The summed E-state index contributed by atoms with van der Waals surface area (Å²) in [4.78, 5) is 14.6. The zero-order valence-electron chi connectivity index (χ0n) is 11.1. The van der Waals surface area contributed by atoms with Gasteiger partial charge < -0.3 is 11.1 Å².